The Balaban J connectivity index is 2.67. The van der Waals surface area contributed by atoms with Crippen LogP contribution in [0, 0.1) is 0 Å². The number of carbonyl (C=O) groups is 1. The summed E-state index contributed by atoms with van der Waals surface area (Å²) in [6.45, 7) is 0.868. The first-order chi connectivity index (χ1) is 9.06. The number of ether oxygens (including phenoxy) is 1. The molecule has 7 heteroatoms. The molecule has 0 fully saturated rings. The van der Waals surface area contributed by atoms with Crippen molar-refractivity contribution in [3.63, 3.8) is 0 Å². The van der Waals surface area contributed by atoms with Gasteiger partial charge in [-0.3, -0.25) is 4.79 Å². The molecule has 106 valence electrons. The predicted molar refractivity (Wildman–Crippen MR) is 64.4 cm³/mol. The average Bonchev–Trinajstić information content (AvgIpc) is 2.42. The molecule has 0 saturated heterocycles. The standard InChI is InChI=1S/C12H16F2N2O3/c1-2-8(6-17)15-12(18)9-4-3-5-11(16-9)19-7-10(13)14/h3-5,8,10,17H,2,6-7H2,1H3,(H,15,18). The Kier molecular flexibility index (Phi) is 6.14. The van der Waals surface area contributed by atoms with Crippen LogP contribution in [0.3, 0.4) is 0 Å². The summed E-state index contributed by atoms with van der Waals surface area (Å²) in [6, 6.07) is 3.96. The highest BCUT2D eigenvalue weighted by molar-refractivity contribution is 5.92. The molecular formula is C12H16F2N2O3. The van der Waals surface area contributed by atoms with Crippen LogP contribution in [0.5, 0.6) is 5.88 Å². The van der Waals surface area contributed by atoms with Crippen molar-refractivity contribution < 1.29 is 23.4 Å². The van der Waals surface area contributed by atoms with Gasteiger partial charge in [0.15, 0.2) is 6.61 Å². The fourth-order valence-corrected chi connectivity index (χ4v) is 1.31. The third-order valence-electron chi connectivity index (χ3n) is 2.36. The lowest BCUT2D eigenvalue weighted by Crippen LogP contribution is -2.37. The van der Waals surface area contributed by atoms with Crippen LogP contribution in [-0.2, 0) is 0 Å². The van der Waals surface area contributed by atoms with E-state index >= 15 is 0 Å². The lowest BCUT2D eigenvalue weighted by atomic mass is 10.2. The van der Waals surface area contributed by atoms with E-state index in [1.54, 1.807) is 0 Å². The fraction of sp³-hybridized carbons (Fsp3) is 0.500. The molecule has 1 heterocycles. The maximum absolute atomic E-state index is 12.0. The Labute approximate surface area is 109 Å². The van der Waals surface area contributed by atoms with Crippen molar-refractivity contribution in [3.05, 3.63) is 23.9 Å². The zero-order valence-electron chi connectivity index (χ0n) is 10.5. The van der Waals surface area contributed by atoms with E-state index in [1.807, 2.05) is 6.92 Å². The van der Waals surface area contributed by atoms with Gasteiger partial charge < -0.3 is 15.2 Å². The van der Waals surface area contributed by atoms with Crippen LogP contribution in [-0.4, -0.2) is 41.7 Å². The number of hydrogen-bond donors (Lipinski definition) is 2. The van der Waals surface area contributed by atoms with Gasteiger partial charge >= 0.3 is 0 Å². The van der Waals surface area contributed by atoms with Crippen LogP contribution in [0.1, 0.15) is 23.8 Å². The van der Waals surface area contributed by atoms with E-state index in [9.17, 15) is 13.6 Å². The van der Waals surface area contributed by atoms with Gasteiger partial charge in [0, 0.05) is 6.07 Å². The topological polar surface area (TPSA) is 71.5 Å². The Morgan fingerprint density at radius 3 is 2.84 bits per heavy atom. The van der Waals surface area contributed by atoms with Crippen molar-refractivity contribution in [2.45, 2.75) is 25.8 Å². The van der Waals surface area contributed by atoms with Gasteiger partial charge in [0.2, 0.25) is 5.88 Å². The minimum absolute atomic E-state index is 0.0370. The summed E-state index contributed by atoms with van der Waals surface area (Å²) in [5.74, 6) is -0.520. The van der Waals surface area contributed by atoms with Crippen molar-refractivity contribution in [2.75, 3.05) is 13.2 Å². The molecule has 0 radical (unpaired) electrons. The predicted octanol–water partition coefficient (Wildman–Crippen LogP) is 1.23. The van der Waals surface area contributed by atoms with Gasteiger partial charge in [0.1, 0.15) is 5.69 Å². The van der Waals surface area contributed by atoms with E-state index in [0.717, 1.165) is 0 Å². The van der Waals surface area contributed by atoms with Crippen molar-refractivity contribution in [1.29, 1.82) is 0 Å². The minimum Gasteiger partial charge on any atom is -0.472 e. The van der Waals surface area contributed by atoms with E-state index < -0.39 is 18.9 Å². The minimum atomic E-state index is -2.60. The first kappa shape index (κ1) is 15.3. The first-order valence-electron chi connectivity index (χ1n) is 5.86. The van der Waals surface area contributed by atoms with Gasteiger partial charge in [0.05, 0.1) is 12.6 Å². The zero-order chi connectivity index (χ0) is 14.3. The van der Waals surface area contributed by atoms with E-state index in [0.29, 0.717) is 6.42 Å². The Morgan fingerprint density at radius 1 is 1.53 bits per heavy atom. The number of aliphatic hydroxyl groups excluding tert-OH is 1. The highest BCUT2D eigenvalue weighted by atomic mass is 19.3. The molecule has 0 saturated carbocycles. The van der Waals surface area contributed by atoms with Gasteiger partial charge in [-0.25, -0.2) is 13.8 Å². The molecular weight excluding hydrogens is 258 g/mol. The summed E-state index contributed by atoms with van der Waals surface area (Å²) < 4.78 is 28.7. The molecule has 0 aliphatic rings. The molecule has 1 atom stereocenters. The molecule has 5 nitrogen and oxygen atoms in total. The molecule has 1 rings (SSSR count). The number of nitrogens with one attached hydrogen (secondary N) is 1. The highest BCUT2D eigenvalue weighted by Crippen LogP contribution is 2.09. The zero-order valence-corrected chi connectivity index (χ0v) is 10.5. The van der Waals surface area contributed by atoms with Crippen LogP contribution < -0.4 is 10.1 Å². The lowest BCUT2D eigenvalue weighted by molar-refractivity contribution is 0.0791. The van der Waals surface area contributed by atoms with Crippen molar-refractivity contribution in [1.82, 2.24) is 10.3 Å². The van der Waals surface area contributed by atoms with Crippen LogP contribution in [0.25, 0.3) is 0 Å². The molecule has 1 amide bonds. The smallest absolute Gasteiger partial charge is 0.272 e. The number of carbonyl (C=O) groups excluding carboxylic acids is 1. The number of alkyl halides is 2. The van der Waals surface area contributed by atoms with Crippen LogP contribution in [0.4, 0.5) is 8.78 Å². The van der Waals surface area contributed by atoms with E-state index in [4.69, 9.17) is 9.84 Å². The second kappa shape index (κ2) is 7.63. The normalized spacial score (nSPS) is 12.3. The van der Waals surface area contributed by atoms with Gasteiger partial charge in [0.25, 0.3) is 12.3 Å². The largest absolute Gasteiger partial charge is 0.472 e. The van der Waals surface area contributed by atoms with Crippen molar-refractivity contribution >= 4 is 5.91 Å². The Morgan fingerprint density at radius 2 is 2.26 bits per heavy atom. The number of nitrogens with zero attached hydrogens (tertiary/aromatic N) is 1. The molecule has 0 bridgehead atoms. The van der Waals surface area contributed by atoms with Gasteiger partial charge in [-0.05, 0) is 12.5 Å². The summed E-state index contributed by atoms with van der Waals surface area (Å²) in [5.41, 5.74) is 0.0543. The maximum Gasteiger partial charge on any atom is 0.272 e. The molecule has 0 aliphatic heterocycles. The van der Waals surface area contributed by atoms with E-state index in [2.05, 4.69) is 10.3 Å². The number of aliphatic hydroxyl groups is 1. The molecule has 1 aromatic rings. The summed E-state index contributed by atoms with van der Waals surface area (Å²) in [7, 11) is 0. The first-order valence-corrected chi connectivity index (χ1v) is 5.86. The molecule has 0 aromatic carbocycles. The molecule has 0 aliphatic carbocycles. The third-order valence-corrected chi connectivity index (χ3v) is 2.36. The van der Waals surface area contributed by atoms with Gasteiger partial charge in [-0.15, -0.1) is 0 Å². The molecule has 1 aromatic heterocycles. The number of aromatic nitrogens is 1. The van der Waals surface area contributed by atoms with Crippen LogP contribution >= 0.6 is 0 Å². The SMILES string of the molecule is CCC(CO)NC(=O)c1cccc(OCC(F)F)n1. The number of hydrogen-bond acceptors (Lipinski definition) is 4. The molecule has 0 spiro atoms. The van der Waals surface area contributed by atoms with Crippen molar-refractivity contribution in [3.8, 4) is 5.88 Å². The summed E-state index contributed by atoms with van der Waals surface area (Å²) in [4.78, 5) is 15.6. The Bertz CT molecular complexity index is 412. The number of rotatable bonds is 7. The van der Waals surface area contributed by atoms with Gasteiger partial charge in [-0.1, -0.05) is 13.0 Å². The molecule has 19 heavy (non-hydrogen) atoms. The van der Waals surface area contributed by atoms with Gasteiger partial charge in [-0.2, -0.15) is 0 Å². The number of amides is 1. The van der Waals surface area contributed by atoms with E-state index in [1.165, 1.54) is 18.2 Å². The number of pyridine rings is 1. The summed E-state index contributed by atoms with van der Waals surface area (Å²) in [5, 5.41) is 11.5. The highest BCUT2D eigenvalue weighted by Gasteiger charge is 2.13. The second-order valence-electron chi connectivity index (χ2n) is 3.82. The van der Waals surface area contributed by atoms with Crippen LogP contribution in [0.2, 0.25) is 0 Å². The molecule has 2 N–H and O–H groups in total. The molecule has 1 unspecified atom stereocenters. The van der Waals surface area contributed by atoms with E-state index in [-0.39, 0.29) is 24.2 Å². The number of halogens is 2. The lowest BCUT2D eigenvalue weighted by Gasteiger charge is -2.13. The third kappa shape index (κ3) is 5.17. The summed E-state index contributed by atoms with van der Waals surface area (Å²) >= 11 is 0. The fourth-order valence-electron chi connectivity index (χ4n) is 1.31. The Hall–Kier alpha value is -1.76. The summed E-state index contributed by atoms with van der Waals surface area (Å²) in [6.07, 6.45) is -2.03. The maximum atomic E-state index is 12.0. The average molecular weight is 274 g/mol. The monoisotopic (exact) mass is 274 g/mol. The van der Waals surface area contributed by atoms with Crippen molar-refractivity contribution in [2.24, 2.45) is 0 Å². The van der Waals surface area contributed by atoms with Crippen LogP contribution in [0.15, 0.2) is 18.2 Å². The quantitative estimate of drug-likeness (QED) is 0.784. The second-order valence-corrected chi connectivity index (χ2v) is 3.82.